The highest BCUT2D eigenvalue weighted by molar-refractivity contribution is 9.09. The lowest BCUT2D eigenvalue weighted by Crippen LogP contribution is -2.24. The number of rotatable bonds is 7. The van der Waals surface area contributed by atoms with Crippen molar-refractivity contribution in [1.82, 2.24) is 4.57 Å². The van der Waals surface area contributed by atoms with Crippen LogP contribution in [-0.2, 0) is 27.9 Å². The van der Waals surface area contributed by atoms with Crippen LogP contribution in [0.2, 0.25) is 0 Å². The van der Waals surface area contributed by atoms with Gasteiger partial charge in [0.25, 0.3) is 0 Å². The first kappa shape index (κ1) is 13.2. The van der Waals surface area contributed by atoms with Crippen LogP contribution in [0.15, 0.2) is 18.7 Å². The minimum Gasteiger partial charge on any atom is -0.463 e. The number of hydrogen-bond donors (Lipinski definition) is 0. The first-order valence-corrected chi connectivity index (χ1v) is 6.15. The minimum atomic E-state index is -0.263. The summed E-state index contributed by atoms with van der Waals surface area (Å²) in [4.78, 5) is 10.7. The fraction of sp³-hybridized carbons (Fsp3) is 0.600. The van der Waals surface area contributed by atoms with Crippen molar-refractivity contribution in [3.8, 4) is 0 Å². The van der Waals surface area contributed by atoms with Crippen molar-refractivity contribution in [3.05, 3.63) is 18.7 Å². The maximum atomic E-state index is 10.7. The third-order valence-electron chi connectivity index (χ3n) is 1.92. The first-order chi connectivity index (χ1) is 7.72. The number of carbonyl (C=O) groups is 1. The molecule has 1 rings (SSSR count). The Bertz CT molecular complexity index is 328. The highest BCUT2D eigenvalue weighted by Crippen LogP contribution is 1.88. The Kier molecular flexibility index (Phi) is 6.10. The van der Waals surface area contributed by atoms with E-state index in [2.05, 4.69) is 15.9 Å². The third kappa shape index (κ3) is 5.27. The van der Waals surface area contributed by atoms with Gasteiger partial charge in [0.15, 0.2) is 0 Å². The van der Waals surface area contributed by atoms with Crippen LogP contribution in [0.5, 0.6) is 0 Å². The monoisotopic (exact) mass is 291 g/mol. The molecule has 0 bridgehead atoms. The smallest absolute Gasteiger partial charge is 0.316 e. The SMILES string of the molecule is C[n+]1ccn(CCOCCOC(=O)CBr)c1. The van der Waals surface area contributed by atoms with Crippen molar-refractivity contribution in [3.63, 3.8) is 0 Å². The van der Waals surface area contributed by atoms with Gasteiger partial charge in [-0.25, -0.2) is 9.13 Å². The van der Waals surface area contributed by atoms with Crippen molar-refractivity contribution >= 4 is 21.9 Å². The van der Waals surface area contributed by atoms with Gasteiger partial charge < -0.3 is 9.47 Å². The zero-order valence-electron chi connectivity index (χ0n) is 9.26. The van der Waals surface area contributed by atoms with Gasteiger partial charge in [-0.05, 0) is 0 Å². The maximum Gasteiger partial charge on any atom is 0.316 e. The molecule has 0 atom stereocenters. The predicted molar refractivity (Wildman–Crippen MR) is 61.2 cm³/mol. The second-order valence-electron chi connectivity index (χ2n) is 3.28. The van der Waals surface area contributed by atoms with Crippen LogP contribution in [0.4, 0.5) is 0 Å². The zero-order chi connectivity index (χ0) is 11.8. The van der Waals surface area contributed by atoms with E-state index >= 15 is 0 Å². The Labute approximate surface area is 103 Å². The molecule has 90 valence electrons. The van der Waals surface area contributed by atoms with E-state index in [1.165, 1.54) is 0 Å². The number of hydrogen-bond acceptors (Lipinski definition) is 3. The summed E-state index contributed by atoms with van der Waals surface area (Å²) in [6.45, 7) is 2.16. The molecule has 1 heterocycles. The van der Waals surface area contributed by atoms with Crippen LogP contribution in [0.1, 0.15) is 0 Å². The Morgan fingerprint density at radius 3 is 2.88 bits per heavy atom. The van der Waals surface area contributed by atoms with E-state index in [0.717, 1.165) is 6.54 Å². The Hall–Kier alpha value is -0.880. The highest BCUT2D eigenvalue weighted by Gasteiger charge is 2.00. The molecule has 1 aromatic heterocycles. The summed E-state index contributed by atoms with van der Waals surface area (Å²) in [6, 6.07) is 0. The molecule has 1 aromatic rings. The van der Waals surface area contributed by atoms with E-state index in [1.54, 1.807) is 0 Å². The summed E-state index contributed by atoms with van der Waals surface area (Å²) in [5.74, 6) is -0.263. The van der Waals surface area contributed by atoms with Crippen LogP contribution >= 0.6 is 15.9 Å². The molecule has 0 aliphatic heterocycles. The van der Waals surface area contributed by atoms with Crippen LogP contribution in [-0.4, -0.2) is 35.7 Å². The zero-order valence-corrected chi connectivity index (χ0v) is 10.9. The lowest BCUT2D eigenvalue weighted by Gasteiger charge is -2.03. The molecule has 0 saturated heterocycles. The molecular formula is C10H16BrN2O3+. The van der Waals surface area contributed by atoms with Crippen molar-refractivity contribution in [2.45, 2.75) is 6.54 Å². The quantitative estimate of drug-likeness (QED) is 0.313. The van der Waals surface area contributed by atoms with Crippen LogP contribution in [0.3, 0.4) is 0 Å². The Morgan fingerprint density at radius 2 is 2.25 bits per heavy atom. The van der Waals surface area contributed by atoms with Gasteiger partial charge in [-0.1, -0.05) is 15.9 Å². The lowest BCUT2D eigenvalue weighted by molar-refractivity contribution is -0.671. The second kappa shape index (κ2) is 7.40. The average Bonchev–Trinajstić information content (AvgIpc) is 2.69. The normalized spacial score (nSPS) is 10.4. The molecule has 0 aliphatic carbocycles. The number of ether oxygens (including phenoxy) is 2. The number of imidazole rings is 1. The molecule has 16 heavy (non-hydrogen) atoms. The molecular weight excluding hydrogens is 276 g/mol. The minimum absolute atomic E-state index is 0.229. The molecule has 0 spiro atoms. The van der Waals surface area contributed by atoms with Gasteiger partial charge in [0.05, 0.1) is 20.3 Å². The number of halogens is 1. The van der Waals surface area contributed by atoms with E-state index in [4.69, 9.17) is 9.47 Å². The van der Waals surface area contributed by atoms with Crippen molar-refractivity contribution < 1.29 is 18.8 Å². The number of carbonyl (C=O) groups excluding carboxylic acids is 1. The van der Waals surface area contributed by atoms with Gasteiger partial charge >= 0.3 is 5.97 Å². The molecule has 0 saturated carbocycles. The average molecular weight is 292 g/mol. The summed E-state index contributed by atoms with van der Waals surface area (Å²) in [7, 11) is 1.97. The molecule has 0 radical (unpaired) electrons. The summed E-state index contributed by atoms with van der Waals surface area (Å²) >= 11 is 3.01. The van der Waals surface area contributed by atoms with Gasteiger partial charge in [-0.3, -0.25) is 4.79 Å². The highest BCUT2D eigenvalue weighted by atomic mass is 79.9. The number of aryl methyl sites for hydroxylation is 1. The Balaban J connectivity index is 1.98. The number of alkyl halides is 1. The van der Waals surface area contributed by atoms with Crippen molar-refractivity contribution in [1.29, 1.82) is 0 Å². The van der Waals surface area contributed by atoms with Gasteiger partial charge in [-0.15, -0.1) is 0 Å². The first-order valence-electron chi connectivity index (χ1n) is 5.02. The standard InChI is InChI=1S/C10H16BrN2O3/c1-12-2-3-13(9-12)4-5-15-6-7-16-10(14)8-11/h2-3,9H,4-8H2,1H3/q+1. The molecule has 5 nitrogen and oxygen atoms in total. The third-order valence-corrected chi connectivity index (χ3v) is 2.38. The number of nitrogens with zero attached hydrogens (tertiary/aromatic N) is 2. The summed E-state index contributed by atoms with van der Waals surface area (Å²) < 4.78 is 14.1. The molecule has 6 heteroatoms. The van der Waals surface area contributed by atoms with Crippen LogP contribution in [0.25, 0.3) is 0 Å². The number of esters is 1. The van der Waals surface area contributed by atoms with E-state index in [-0.39, 0.29) is 11.3 Å². The summed E-state index contributed by atoms with van der Waals surface area (Å²) in [5, 5.41) is 0.229. The fourth-order valence-corrected chi connectivity index (χ4v) is 1.32. The van der Waals surface area contributed by atoms with Crippen molar-refractivity contribution in [2.24, 2.45) is 7.05 Å². The summed E-state index contributed by atoms with van der Waals surface area (Å²) in [6.07, 6.45) is 5.93. The largest absolute Gasteiger partial charge is 0.463 e. The lowest BCUT2D eigenvalue weighted by atomic mass is 10.6. The van der Waals surface area contributed by atoms with E-state index in [1.807, 2.05) is 34.9 Å². The van der Waals surface area contributed by atoms with Gasteiger partial charge in [0, 0.05) is 0 Å². The fourth-order valence-electron chi connectivity index (χ4n) is 1.16. The molecule has 0 aliphatic rings. The van der Waals surface area contributed by atoms with Gasteiger partial charge in [0.1, 0.15) is 30.9 Å². The van der Waals surface area contributed by atoms with Gasteiger partial charge in [0.2, 0.25) is 6.33 Å². The Morgan fingerprint density at radius 1 is 1.44 bits per heavy atom. The van der Waals surface area contributed by atoms with E-state index < -0.39 is 0 Å². The molecule has 0 N–H and O–H groups in total. The van der Waals surface area contributed by atoms with E-state index in [0.29, 0.717) is 19.8 Å². The second-order valence-corrected chi connectivity index (χ2v) is 3.84. The summed E-state index contributed by atoms with van der Waals surface area (Å²) in [5.41, 5.74) is 0. The van der Waals surface area contributed by atoms with Gasteiger partial charge in [-0.2, -0.15) is 0 Å². The topological polar surface area (TPSA) is 44.3 Å². The molecule has 0 aromatic carbocycles. The number of aromatic nitrogens is 2. The molecule has 0 amide bonds. The van der Waals surface area contributed by atoms with Crippen molar-refractivity contribution in [2.75, 3.05) is 25.2 Å². The predicted octanol–water partition coefficient (Wildman–Crippen LogP) is 0.267. The molecule has 0 fully saturated rings. The van der Waals surface area contributed by atoms with E-state index in [9.17, 15) is 4.79 Å². The van der Waals surface area contributed by atoms with Crippen LogP contribution < -0.4 is 4.57 Å². The van der Waals surface area contributed by atoms with Crippen LogP contribution in [0, 0.1) is 0 Å². The maximum absolute atomic E-state index is 10.7. The molecule has 0 unspecified atom stereocenters.